The van der Waals surface area contributed by atoms with Crippen LogP contribution in [0.2, 0.25) is 0 Å². The van der Waals surface area contributed by atoms with E-state index in [1.54, 1.807) is 10.7 Å². The van der Waals surface area contributed by atoms with E-state index in [9.17, 15) is 14.4 Å². The van der Waals surface area contributed by atoms with Crippen molar-refractivity contribution < 1.29 is 4.79 Å². The first-order chi connectivity index (χ1) is 13.9. The van der Waals surface area contributed by atoms with Crippen LogP contribution in [0.4, 0.5) is 0 Å². The van der Waals surface area contributed by atoms with E-state index in [1.165, 1.54) is 16.8 Å². The van der Waals surface area contributed by atoms with Gasteiger partial charge in [0.05, 0.1) is 17.8 Å². The fraction of sp³-hybridized carbons (Fsp3) is 0.571. The van der Waals surface area contributed by atoms with Crippen molar-refractivity contribution in [1.29, 1.82) is 0 Å². The zero-order chi connectivity index (χ0) is 20.5. The van der Waals surface area contributed by atoms with Crippen molar-refractivity contribution in [3.05, 3.63) is 56.4 Å². The van der Waals surface area contributed by atoms with Gasteiger partial charge >= 0.3 is 0 Å². The fourth-order valence-electron chi connectivity index (χ4n) is 3.94. The Hall–Kier alpha value is -2.77. The molecule has 0 spiro atoms. The van der Waals surface area contributed by atoms with Crippen molar-refractivity contribution in [1.82, 2.24) is 24.9 Å². The molecule has 1 amide bonds. The average Bonchev–Trinajstić information content (AvgIpc) is 3.54. The van der Waals surface area contributed by atoms with Gasteiger partial charge in [-0.3, -0.25) is 14.4 Å². The van der Waals surface area contributed by atoms with Gasteiger partial charge in [0, 0.05) is 24.1 Å². The predicted molar refractivity (Wildman–Crippen MR) is 108 cm³/mol. The van der Waals surface area contributed by atoms with Gasteiger partial charge in [0.15, 0.2) is 0 Å². The van der Waals surface area contributed by atoms with E-state index in [1.807, 2.05) is 19.9 Å². The van der Waals surface area contributed by atoms with Crippen LogP contribution in [0, 0.1) is 0 Å². The molecule has 0 bridgehead atoms. The highest BCUT2D eigenvalue weighted by molar-refractivity contribution is 5.92. The quantitative estimate of drug-likeness (QED) is 0.834. The Morgan fingerprint density at radius 3 is 2.31 bits per heavy atom. The summed E-state index contributed by atoms with van der Waals surface area (Å²) in [5.41, 5.74) is 0.993. The third kappa shape index (κ3) is 4.31. The van der Waals surface area contributed by atoms with Gasteiger partial charge in [-0.1, -0.05) is 0 Å². The number of aromatic nitrogens is 4. The minimum atomic E-state index is -0.270. The Morgan fingerprint density at radius 1 is 0.966 bits per heavy atom. The second-order valence-corrected chi connectivity index (χ2v) is 8.39. The molecule has 0 aromatic carbocycles. The van der Waals surface area contributed by atoms with Gasteiger partial charge in [0.25, 0.3) is 17.0 Å². The molecule has 2 aromatic heterocycles. The van der Waals surface area contributed by atoms with E-state index >= 15 is 0 Å². The molecular weight excluding hydrogens is 370 g/mol. The van der Waals surface area contributed by atoms with E-state index in [-0.39, 0.29) is 40.8 Å². The summed E-state index contributed by atoms with van der Waals surface area (Å²) in [5.74, 6) is 0.243. The van der Waals surface area contributed by atoms with E-state index < -0.39 is 0 Å². The Kier molecular flexibility index (Phi) is 5.34. The summed E-state index contributed by atoms with van der Waals surface area (Å²) in [5, 5.41) is 11.8. The molecular formula is C21H27N5O3. The molecule has 0 radical (unpaired) electrons. The third-order valence-electron chi connectivity index (χ3n) is 5.77. The van der Waals surface area contributed by atoms with Gasteiger partial charge < -0.3 is 5.32 Å². The van der Waals surface area contributed by atoms with E-state index in [0.717, 1.165) is 44.2 Å². The normalized spacial score (nSPS) is 21.9. The Balaban J connectivity index is 1.38. The van der Waals surface area contributed by atoms with Crippen LogP contribution in [0.5, 0.6) is 0 Å². The number of hydrogen-bond acceptors (Lipinski definition) is 5. The fourth-order valence-corrected chi connectivity index (χ4v) is 3.94. The van der Waals surface area contributed by atoms with Crippen LogP contribution in [0.1, 0.15) is 86.6 Å². The van der Waals surface area contributed by atoms with Crippen LogP contribution in [0.15, 0.2) is 33.9 Å². The predicted octanol–water partition coefficient (Wildman–Crippen LogP) is 2.17. The molecule has 8 heteroatoms. The first kappa shape index (κ1) is 19.5. The summed E-state index contributed by atoms with van der Waals surface area (Å²) in [6.07, 6.45) is 5.46. The van der Waals surface area contributed by atoms with Crippen LogP contribution in [-0.4, -0.2) is 31.5 Å². The summed E-state index contributed by atoms with van der Waals surface area (Å²) < 4.78 is 2.96. The van der Waals surface area contributed by atoms with Crippen LogP contribution in [0.25, 0.3) is 0 Å². The van der Waals surface area contributed by atoms with E-state index in [2.05, 4.69) is 15.5 Å². The molecule has 4 rings (SSSR count). The number of nitrogens with one attached hydrogen (secondary N) is 1. The summed E-state index contributed by atoms with van der Waals surface area (Å²) >= 11 is 0. The monoisotopic (exact) mass is 397 g/mol. The Labute approximate surface area is 168 Å². The molecule has 29 heavy (non-hydrogen) atoms. The maximum Gasteiger partial charge on any atom is 0.271 e. The average molecular weight is 397 g/mol. The molecule has 8 nitrogen and oxygen atoms in total. The lowest BCUT2D eigenvalue weighted by Gasteiger charge is -2.29. The smallest absolute Gasteiger partial charge is 0.271 e. The zero-order valence-corrected chi connectivity index (χ0v) is 16.9. The first-order valence-corrected chi connectivity index (χ1v) is 10.4. The van der Waals surface area contributed by atoms with Crippen LogP contribution >= 0.6 is 0 Å². The lowest BCUT2D eigenvalue weighted by molar-refractivity contribution is 0.0913. The second kappa shape index (κ2) is 7.93. The van der Waals surface area contributed by atoms with Crippen molar-refractivity contribution >= 4 is 5.91 Å². The molecule has 1 N–H and O–H groups in total. The molecule has 2 aromatic rings. The van der Waals surface area contributed by atoms with Crippen molar-refractivity contribution in [3.63, 3.8) is 0 Å². The number of carbonyl (C=O) groups is 1. The maximum atomic E-state index is 12.6. The largest absolute Gasteiger partial charge is 0.348 e. The van der Waals surface area contributed by atoms with Crippen molar-refractivity contribution in [2.75, 3.05) is 0 Å². The van der Waals surface area contributed by atoms with Crippen LogP contribution < -0.4 is 16.4 Å². The van der Waals surface area contributed by atoms with Crippen LogP contribution in [-0.2, 0) is 0 Å². The second-order valence-electron chi connectivity index (χ2n) is 8.39. The number of amides is 1. The van der Waals surface area contributed by atoms with Gasteiger partial charge in [-0.2, -0.15) is 10.2 Å². The van der Waals surface area contributed by atoms with Crippen molar-refractivity contribution in [2.45, 2.75) is 76.4 Å². The third-order valence-corrected chi connectivity index (χ3v) is 5.77. The highest BCUT2D eigenvalue weighted by Gasteiger charge is 2.29. The van der Waals surface area contributed by atoms with Gasteiger partial charge in [0.1, 0.15) is 5.69 Å². The van der Waals surface area contributed by atoms with E-state index in [0.29, 0.717) is 5.92 Å². The molecule has 154 valence electrons. The van der Waals surface area contributed by atoms with Crippen molar-refractivity contribution in [2.24, 2.45) is 0 Å². The Morgan fingerprint density at radius 2 is 1.66 bits per heavy atom. The van der Waals surface area contributed by atoms with Gasteiger partial charge in [-0.25, -0.2) is 9.36 Å². The zero-order valence-electron chi connectivity index (χ0n) is 16.9. The molecule has 0 aliphatic heterocycles. The Bertz CT molecular complexity index is 1010. The summed E-state index contributed by atoms with van der Waals surface area (Å²) in [6, 6.07) is 6.33. The van der Waals surface area contributed by atoms with Crippen LogP contribution in [0.3, 0.4) is 0 Å². The standard InChI is InChI=1S/C21H27N5O3/c1-13(2)25-19(27)12-10-18(24-25)21(29)22-15-5-7-16(8-6-15)26-20(28)11-9-17(23-26)14-3-4-14/h9-16H,3-8H2,1-2H3,(H,22,29). The minimum Gasteiger partial charge on any atom is -0.348 e. The van der Waals surface area contributed by atoms with Gasteiger partial charge in [0.2, 0.25) is 0 Å². The highest BCUT2D eigenvalue weighted by atomic mass is 16.2. The molecule has 2 saturated carbocycles. The number of nitrogens with zero attached hydrogens (tertiary/aromatic N) is 4. The molecule has 0 unspecified atom stereocenters. The SMILES string of the molecule is CC(C)n1nc(C(=O)NC2CCC(n3nc(C4CC4)ccc3=O)CC2)ccc1=O. The first-order valence-electron chi connectivity index (χ1n) is 10.4. The summed E-state index contributed by atoms with van der Waals surface area (Å²) in [4.78, 5) is 36.7. The number of rotatable bonds is 5. The molecule has 2 aliphatic carbocycles. The topological polar surface area (TPSA) is 98.9 Å². The minimum absolute atomic E-state index is 0.0299. The lowest BCUT2D eigenvalue weighted by atomic mass is 9.91. The molecule has 0 saturated heterocycles. The van der Waals surface area contributed by atoms with Crippen molar-refractivity contribution in [3.8, 4) is 0 Å². The molecule has 2 aliphatic rings. The maximum absolute atomic E-state index is 12.6. The van der Waals surface area contributed by atoms with E-state index in [4.69, 9.17) is 0 Å². The van der Waals surface area contributed by atoms with Gasteiger partial charge in [-0.05, 0) is 64.5 Å². The number of hydrogen-bond donors (Lipinski definition) is 1. The summed E-state index contributed by atoms with van der Waals surface area (Å²) in [6.45, 7) is 3.71. The van der Waals surface area contributed by atoms with Gasteiger partial charge in [-0.15, -0.1) is 0 Å². The molecule has 0 atom stereocenters. The summed E-state index contributed by atoms with van der Waals surface area (Å²) in [7, 11) is 0. The number of carbonyl (C=O) groups excluding carboxylic acids is 1. The lowest BCUT2D eigenvalue weighted by Crippen LogP contribution is -2.40. The highest BCUT2D eigenvalue weighted by Crippen LogP contribution is 2.38. The molecule has 2 heterocycles. The molecule has 2 fully saturated rings.